The molecule has 2 fully saturated rings. The Kier molecular flexibility index (Phi) is 4.31. The molecule has 1 saturated carbocycles. The average molecular weight is 327 g/mol. The minimum atomic E-state index is 0.318. The van der Waals surface area contributed by atoms with Gasteiger partial charge in [-0.3, -0.25) is 4.90 Å². The molecule has 2 atom stereocenters. The van der Waals surface area contributed by atoms with Crippen molar-refractivity contribution in [3.8, 4) is 0 Å². The second-order valence-electron chi connectivity index (χ2n) is 7.07. The highest BCUT2D eigenvalue weighted by molar-refractivity contribution is 5.11. The lowest BCUT2D eigenvalue weighted by atomic mass is 9.90. The van der Waals surface area contributed by atoms with Gasteiger partial charge in [0.15, 0.2) is 0 Å². The van der Waals surface area contributed by atoms with E-state index in [9.17, 15) is 0 Å². The Morgan fingerprint density at radius 1 is 1.17 bits per heavy atom. The Balaban J connectivity index is 1.44. The number of hydrogen-bond donors (Lipinski definition) is 0. The van der Waals surface area contributed by atoms with Crippen LogP contribution in [0.2, 0.25) is 0 Å². The molecule has 0 radical (unpaired) electrons. The molecule has 128 valence electrons. The number of likely N-dealkylation sites (tertiary alicyclic amines) is 1. The molecule has 3 heterocycles. The molecule has 2 aliphatic rings. The van der Waals surface area contributed by atoms with E-state index in [2.05, 4.69) is 32.0 Å². The average Bonchev–Trinajstić information content (AvgIpc) is 3.35. The van der Waals surface area contributed by atoms with E-state index in [0.29, 0.717) is 17.9 Å². The van der Waals surface area contributed by atoms with Gasteiger partial charge in [0.25, 0.3) is 0 Å². The fraction of sp³-hybridized carbons (Fsp3) is 0.667. The van der Waals surface area contributed by atoms with Gasteiger partial charge >= 0.3 is 0 Å². The SMILES string of the molecule is CCc1nnc([C@H]2CCCN(Cc3cnc(C4CC4)nc3)[C@H]2C)o1. The molecule has 0 N–H and O–H groups in total. The standard InChI is InChI=1S/C18H25N5O/c1-3-16-21-22-18(24-16)15-5-4-8-23(12(15)2)11-13-9-19-17(20-10-13)14-6-7-14/h9-10,12,14-15H,3-8,11H2,1-2H3/t12-,15-/m0/s1. The topological polar surface area (TPSA) is 67.9 Å². The summed E-state index contributed by atoms with van der Waals surface area (Å²) >= 11 is 0. The van der Waals surface area contributed by atoms with Crippen LogP contribution in [-0.4, -0.2) is 37.7 Å². The van der Waals surface area contributed by atoms with E-state index in [4.69, 9.17) is 4.42 Å². The first-order chi connectivity index (χ1) is 11.7. The molecule has 6 heteroatoms. The molecule has 2 aromatic heterocycles. The summed E-state index contributed by atoms with van der Waals surface area (Å²) in [5, 5.41) is 8.40. The Bertz CT molecular complexity index is 679. The Morgan fingerprint density at radius 2 is 1.96 bits per heavy atom. The summed E-state index contributed by atoms with van der Waals surface area (Å²) in [7, 11) is 0. The maximum Gasteiger partial charge on any atom is 0.221 e. The summed E-state index contributed by atoms with van der Waals surface area (Å²) in [5.74, 6) is 3.48. The summed E-state index contributed by atoms with van der Waals surface area (Å²) in [6.45, 7) is 6.28. The van der Waals surface area contributed by atoms with Gasteiger partial charge in [-0.25, -0.2) is 9.97 Å². The van der Waals surface area contributed by atoms with Gasteiger partial charge in [0.1, 0.15) is 5.82 Å². The predicted molar refractivity (Wildman–Crippen MR) is 89.5 cm³/mol. The van der Waals surface area contributed by atoms with Crippen molar-refractivity contribution in [3.05, 3.63) is 35.6 Å². The smallest absolute Gasteiger partial charge is 0.221 e. The van der Waals surface area contributed by atoms with Crippen LogP contribution >= 0.6 is 0 Å². The minimum absolute atomic E-state index is 0.318. The third kappa shape index (κ3) is 3.20. The first-order valence-electron chi connectivity index (χ1n) is 9.11. The number of aryl methyl sites for hydroxylation is 1. The fourth-order valence-corrected chi connectivity index (χ4v) is 3.56. The van der Waals surface area contributed by atoms with Gasteiger partial charge in [-0.15, -0.1) is 10.2 Å². The first-order valence-corrected chi connectivity index (χ1v) is 9.11. The van der Waals surface area contributed by atoms with Crippen LogP contribution in [0.1, 0.15) is 74.5 Å². The van der Waals surface area contributed by atoms with Crippen LogP contribution in [0.25, 0.3) is 0 Å². The Hall–Kier alpha value is -1.82. The van der Waals surface area contributed by atoms with Crippen molar-refractivity contribution in [2.75, 3.05) is 6.54 Å². The first kappa shape index (κ1) is 15.7. The highest BCUT2D eigenvalue weighted by Gasteiger charge is 2.33. The largest absolute Gasteiger partial charge is 0.425 e. The second-order valence-corrected chi connectivity index (χ2v) is 7.07. The molecule has 0 bridgehead atoms. The van der Waals surface area contributed by atoms with E-state index in [1.807, 2.05) is 19.3 Å². The van der Waals surface area contributed by atoms with Crippen LogP contribution in [0.5, 0.6) is 0 Å². The van der Waals surface area contributed by atoms with Crippen molar-refractivity contribution in [2.24, 2.45) is 0 Å². The molecule has 1 saturated heterocycles. The van der Waals surface area contributed by atoms with Gasteiger partial charge in [0.2, 0.25) is 11.8 Å². The molecule has 6 nitrogen and oxygen atoms in total. The zero-order valence-corrected chi connectivity index (χ0v) is 14.5. The van der Waals surface area contributed by atoms with E-state index < -0.39 is 0 Å². The van der Waals surface area contributed by atoms with Crippen molar-refractivity contribution in [3.63, 3.8) is 0 Å². The van der Waals surface area contributed by atoms with Crippen molar-refractivity contribution < 1.29 is 4.42 Å². The van der Waals surface area contributed by atoms with E-state index in [1.165, 1.54) is 18.4 Å². The van der Waals surface area contributed by atoms with E-state index >= 15 is 0 Å². The molecule has 1 aliphatic carbocycles. The maximum atomic E-state index is 5.82. The van der Waals surface area contributed by atoms with Crippen molar-refractivity contribution in [1.29, 1.82) is 0 Å². The summed E-state index contributed by atoms with van der Waals surface area (Å²) in [6, 6.07) is 0.381. The van der Waals surface area contributed by atoms with Crippen LogP contribution in [0, 0.1) is 0 Å². The van der Waals surface area contributed by atoms with Crippen molar-refractivity contribution in [1.82, 2.24) is 25.1 Å². The van der Waals surface area contributed by atoms with Gasteiger partial charge in [-0.05, 0) is 39.2 Å². The molecular formula is C18H25N5O. The van der Waals surface area contributed by atoms with Gasteiger partial charge in [0.05, 0.1) is 5.92 Å². The molecule has 4 rings (SSSR count). The zero-order chi connectivity index (χ0) is 16.5. The lowest BCUT2D eigenvalue weighted by Gasteiger charge is -2.37. The van der Waals surface area contributed by atoms with Gasteiger partial charge in [-0.1, -0.05) is 6.92 Å². The van der Waals surface area contributed by atoms with Gasteiger partial charge in [-0.2, -0.15) is 0 Å². The highest BCUT2D eigenvalue weighted by Crippen LogP contribution is 2.37. The van der Waals surface area contributed by atoms with Crippen LogP contribution in [0.3, 0.4) is 0 Å². The third-order valence-corrected chi connectivity index (χ3v) is 5.27. The predicted octanol–water partition coefficient (Wildman–Crippen LogP) is 3.07. The number of aromatic nitrogens is 4. The monoisotopic (exact) mass is 327 g/mol. The number of piperidine rings is 1. The minimum Gasteiger partial charge on any atom is -0.425 e. The van der Waals surface area contributed by atoms with Crippen LogP contribution in [0.15, 0.2) is 16.8 Å². The molecular weight excluding hydrogens is 302 g/mol. The van der Waals surface area contributed by atoms with Crippen molar-refractivity contribution >= 4 is 0 Å². The summed E-state index contributed by atoms with van der Waals surface area (Å²) in [4.78, 5) is 11.6. The molecule has 0 aromatic carbocycles. The summed E-state index contributed by atoms with van der Waals surface area (Å²) in [5.41, 5.74) is 1.19. The normalized spacial score (nSPS) is 25.1. The molecule has 2 aromatic rings. The second kappa shape index (κ2) is 6.59. The summed E-state index contributed by atoms with van der Waals surface area (Å²) < 4.78 is 5.82. The molecule has 1 aliphatic heterocycles. The zero-order valence-electron chi connectivity index (χ0n) is 14.5. The number of nitrogens with zero attached hydrogens (tertiary/aromatic N) is 5. The summed E-state index contributed by atoms with van der Waals surface area (Å²) in [6.07, 6.45) is 9.54. The van der Waals surface area contributed by atoms with Crippen LogP contribution < -0.4 is 0 Å². The molecule has 0 unspecified atom stereocenters. The van der Waals surface area contributed by atoms with Crippen molar-refractivity contribution in [2.45, 2.75) is 70.4 Å². The van der Waals surface area contributed by atoms with E-state index in [0.717, 1.165) is 50.0 Å². The van der Waals surface area contributed by atoms with Gasteiger partial charge < -0.3 is 4.42 Å². The lowest BCUT2D eigenvalue weighted by molar-refractivity contribution is 0.118. The Labute approximate surface area is 142 Å². The van der Waals surface area contributed by atoms with Gasteiger partial charge in [0, 0.05) is 42.9 Å². The number of rotatable bonds is 5. The van der Waals surface area contributed by atoms with E-state index in [1.54, 1.807) is 0 Å². The third-order valence-electron chi connectivity index (χ3n) is 5.27. The fourth-order valence-electron chi connectivity index (χ4n) is 3.56. The molecule has 0 spiro atoms. The van der Waals surface area contributed by atoms with Crippen LogP contribution in [0.4, 0.5) is 0 Å². The molecule has 24 heavy (non-hydrogen) atoms. The van der Waals surface area contributed by atoms with E-state index in [-0.39, 0.29) is 0 Å². The van der Waals surface area contributed by atoms with Crippen LogP contribution in [-0.2, 0) is 13.0 Å². The highest BCUT2D eigenvalue weighted by atomic mass is 16.4. The maximum absolute atomic E-state index is 5.82. The number of hydrogen-bond acceptors (Lipinski definition) is 6. The Morgan fingerprint density at radius 3 is 2.62 bits per heavy atom. The quantitative estimate of drug-likeness (QED) is 0.841. The lowest BCUT2D eigenvalue weighted by Crippen LogP contribution is -2.41. The molecule has 0 amide bonds.